The van der Waals surface area contributed by atoms with Gasteiger partial charge < -0.3 is 14.9 Å². The summed E-state index contributed by atoms with van der Waals surface area (Å²) in [7, 11) is 0. The number of rotatable bonds is 4. The van der Waals surface area contributed by atoms with Gasteiger partial charge in [-0.25, -0.2) is 0 Å². The number of aliphatic hydroxyl groups is 1. The van der Waals surface area contributed by atoms with Crippen molar-refractivity contribution in [1.82, 2.24) is 4.90 Å². The molecule has 0 aliphatic carbocycles. The maximum absolute atomic E-state index is 13.4. The minimum absolute atomic E-state index is 0.0866. The van der Waals surface area contributed by atoms with E-state index in [4.69, 9.17) is 16.9 Å². The van der Waals surface area contributed by atoms with E-state index in [9.17, 15) is 23.1 Å². The summed E-state index contributed by atoms with van der Waals surface area (Å²) in [4.78, 5) is 16.5. The van der Waals surface area contributed by atoms with Gasteiger partial charge in [-0.1, -0.05) is 29.8 Å². The molecule has 1 N–H and O–H groups in total. The predicted octanol–water partition coefficient (Wildman–Crippen LogP) is 4.12. The van der Waals surface area contributed by atoms with E-state index in [1.165, 1.54) is 12.1 Å². The van der Waals surface area contributed by atoms with Gasteiger partial charge in [0.25, 0.3) is 0 Å². The van der Waals surface area contributed by atoms with Crippen molar-refractivity contribution >= 4 is 23.2 Å². The van der Waals surface area contributed by atoms with Gasteiger partial charge in [0, 0.05) is 48.2 Å². The van der Waals surface area contributed by atoms with E-state index in [0.29, 0.717) is 43.3 Å². The minimum Gasteiger partial charge on any atom is -0.396 e. The Morgan fingerprint density at radius 3 is 2.67 bits per heavy atom. The molecule has 174 valence electrons. The molecule has 2 fully saturated rings. The zero-order valence-corrected chi connectivity index (χ0v) is 18.5. The van der Waals surface area contributed by atoms with Gasteiger partial charge in [0.2, 0.25) is 5.91 Å². The fourth-order valence-electron chi connectivity index (χ4n) is 4.94. The number of likely N-dealkylation sites (tertiary alicyclic amines) is 1. The van der Waals surface area contributed by atoms with E-state index in [0.717, 1.165) is 11.6 Å². The molecule has 2 atom stereocenters. The van der Waals surface area contributed by atoms with Gasteiger partial charge in [0.1, 0.15) is 0 Å². The normalized spacial score (nSPS) is 22.7. The van der Waals surface area contributed by atoms with Crippen molar-refractivity contribution < 1.29 is 23.1 Å². The van der Waals surface area contributed by atoms with E-state index in [-0.39, 0.29) is 24.9 Å². The Kier molecular flexibility index (Phi) is 6.30. The maximum atomic E-state index is 13.4. The van der Waals surface area contributed by atoms with Gasteiger partial charge in [-0.2, -0.15) is 18.4 Å². The lowest BCUT2D eigenvalue weighted by molar-refractivity contribution is -0.137. The summed E-state index contributed by atoms with van der Waals surface area (Å²) in [6.07, 6.45) is -3.92. The van der Waals surface area contributed by atoms with Crippen LogP contribution in [0.15, 0.2) is 42.5 Å². The maximum Gasteiger partial charge on any atom is 0.417 e. The number of anilines is 1. The number of benzene rings is 2. The number of fused-ring (bicyclic) bond motifs is 1. The molecule has 2 aliphatic rings. The van der Waals surface area contributed by atoms with Crippen LogP contribution in [0, 0.1) is 22.7 Å². The second kappa shape index (κ2) is 8.88. The quantitative estimate of drug-likeness (QED) is 0.719. The highest BCUT2D eigenvalue weighted by Gasteiger charge is 2.50. The number of aliphatic hydroxyl groups excluding tert-OH is 1. The van der Waals surface area contributed by atoms with Crippen LogP contribution in [-0.2, 0) is 17.4 Å². The first-order valence-electron chi connectivity index (χ1n) is 10.7. The summed E-state index contributed by atoms with van der Waals surface area (Å²) in [6.45, 7) is 1.60. The molecule has 2 heterocycles. The van der Waals surface area contributed by atoms with Crippen LogP contribution in [0.5, 0.6) is 0 Å². The van der Waals surface area contributed by atoms with Crippen molar-refractivity contribution in [1.29, 1.82) is 5.26 Å². The molecule has 0 spiro atoms. The molecule has 0 saturated carbocycles. The van der Waals surface area contributed by atoms with Crippen molar-refractivity contribution in [3.8, 4) is 6.07 Å². The summed E-state index contributed by atoms with van der Waals surface area (Å²) in [5.41, 5.74) is -0.731. The van der Waals surface area contributed by atoms with Crippen molar-refractivity contribution in [2.45, 2.75) is 19.0 Å². The fraction of sp³-hybridized carbons (Fsp3) is 0.417. The lowest BCUT2D eigenvalue weighted by atomic mass is 9.73. The average molecular weight is 478 g/mol. The molecule has 33 heavy (non-hydrogen) atoms. The number of carbonyl (C=O) groups is 1. The largest absolute Gasteiger partial charge is 0.417 e. The number of hydrogen-bond donors (Lipinski definition) is 1. The summed E-state index contributed by atoms with van der Waals surface area (Å²) >= 11 is 6.19. The monoisotopic (exact) mass is 477 g/mol. The third-order valence-corrected chi connectivity index (χ3v) is 7.26. The summed E-state index contributed by atoms with van der Waals surface area (Å²) < 4.78 is 40.2. The van der Waals surface area contributed by atoms with Gasteiger partial charge in [0.05, 0.1) is 30.2 Å². The number of alkyl halides is 3. The van der Waals surface area contributed by atoms with Crippen LogP contribution in [0.2, 0.25) is 5.02 Å². The van der Waals surface area contributed by atoms with Crippen molar-refractivity contribution in [2.24, 2.45) is 11.3 Å². The zero-order valence-electron chi connectivity index (χ0n) is 17.8. The van der Waals surface area contributed by atoms with Gasteiger partial charge >= 0.3 is 6.18 Å². The molecule has 4 rings (SSSR count). The molecule has 9 heteroatoms. The number of halogens is 4. The highest BCUT2D eigenvalue weighted by Crippen LogP contribution is 2.44. The number of hydrogen-bond acceptors (Lipinski definition) is 4. The molecule has 0 bridgehead atoms. The first-order valence-corrected chi connectivity index (χ1v) is 11.0. The van der Waals surface area contributed by atoms with Crippen LogP contribution in [0.4, 0.5) is 18.9 Å². The second-order valence-corrected chi connectivity index (χ2v) is 9.20. The molecule has 5 nitrogen and oxygen atoms in total. The van der Waals surface area contributed by atoms with Crippen molar-refractivity contribution in [3.05, 3.63) is 64.2 Å². The minimum atomic E-state index is -4.62. The highest BCUT2D eigenvalue weighted by atomic mass is 35.5. The summed E-state index contributed by atoms with van der Waals surface area (Å²) in [5, 5.41) is 19.8. The Hall–Kier alpha value is -2.76. The number of carbonyl (C=O) groups excluding carboxylic acids is 1. The Morgan fingerprint density at radius 2 is 2.00 bits per heavy atom. The molecule has 0 unspecified atom stereocenters. The standard InChI is InChI=1S/C24H23ClF3N3O2/c25-21-4-2-1-3-16(21)9-22(33)31-13-18-12-30(8-7-23(18,14-31)15-32)19-6-5-17(11-29)20(10-19)24(26,27)28/h1-6,10,18,32H,7-9,12-15H2/t18-,23+/m1/s1. The van der Waals surface area contributed by atoms with E-state index in [1.807, 2.05) is 11.0 Å². The number of nitriles is 1. The second-order valence-electron chi connectivity index (χ2n) is 8.80. The van der Waals surface area contributed by atoms with Crippen LogP contribution >= 0.6 is 11.6 Å². The smallest absolute Gasteiger partial charge is 0.396 e. The Balaban J connectivity index is 1.52. The molecular weight excluding hydrogens is 455 g/mol. The van der Waals surface area contributed by atoms with Gasteiger partial charge in [-0.3, -0.25) is 4.79 Å². The Bertz CT molecular complexity index is 1100. The van der Waals surface area contributed by atoms with Gasteiger partial charge in [-0.05, 0) is 36.2 Å². The highest BCUT2D eigenvalue weighted by molar-refractivity contribution is 6.31. The van der Waals surface area contributed by atoms with Crippen LogP contribution < -0.4 is 4.90 Å². The van der Waals surface area contributed by atoms with E-state index in [2.05, 4.69) is 0 Å². The van der Waals surface area contributed by atoms with E-state index in [1.54, 1.807) is 29.2 Å². The fourth-order valence-corrected chi connectivity index (χ4v) is 5.15. The van der Waals surface area contributed by atoms with Gasteiger partial charge in [0.15, 0.2) is 0 Å². The molecule has 1 amide bonds. The molecule has 2 aromatic rings. The number of piperidine rings is 1. The first kappa shape index (κ1) is 23.4. The summed E-state index contributed by atoms with van der Waals surface area (Å²) in [5.74, 6) is -0.175. The Morgan fingerprint density at radius 1 is 1.24 bits per heavy atom. The third-order valence-electron chi connectivity index (χ3n) is 6.89. The lowest BCUT2D eigenvalue weighted by Crippen LogP contribution is -2.49. The van der Waals surface area contributed by atoms with Gasteiger partial charge in [-0.15, -0.1) is 0 Å². The van der Waals surface area contributed by atoms with Crippen LogP contribution in [0.25, 0.3) is 0 Å². The summed E-state index contributed by atoms with van der Waals surface area (Å²) in [6, 6.07) is 12.5. The SMILES string of the molecule is N#Cc1ccc(N2CC[C@@]3(CO)CN(C(=O)Cc4ccccc4Cl)C[C@H]3C2)cc1C(F)(F)F. The number of amides is 1. The van der Waals surface area contributed by atoms with Crippen molar-refractivity contribution in [2.75, 3.05) is 37.7 Å². The topological polar surface area (TPSA) is 67.6 Å². The van der Waals surface area contributed by atoms with Crippen LogP contribution in [0.1, 0.15) is 23.1 Å². The van der Waals surface area contributed by atoms with Crippen LogP contribution in [0.3, 0.4) is 0 Å². The van der Waals surface area contributed by atoms with E-state index < -0.39 is 22.7 Å². The van der Waals surface area contributed by atoms with E-state index >= 15 is 0 Å². The predicted molar refractivity (Wildman–Crippen MR) is 118 cm³/mol. The average Bonchev–Trinajstić information content (AvgIpc) is 3.19. The Labute approximate surface area is 195 Å². The van der Waals surface area contributed by atoms with Crippen molar-refractivity contribution in [3.63, 3.8) is 0 Å². The molecular formula is C24H23ClF3N3O2. The molecule has 2 saturated heterocycles. The number of nitrogens with zero attached hydrogens (tertiary/aromatic N) is 3. The zero-order chi connectivity index (χ0) is 23.8. The first-order chi connectivity index (χ1) is 15.7. The molecule has 0 radical (unpaired) electrons. The lowest BCUT2D eigenvalue weighted by Gasteiger charge is -2.43. The molecule has 0 aromatic heterocycles. The molecule has 2 aromatic carbocycles. The third kappa shape index (κ3) is 4.53. The van der Waals surface area contributed by atoms with Crippen LogP contribution in [-0.4, -0.2) is 48.7 Å². The molecule has 2 aliphatic heterocycles.